The normalized spacial score (nSPS) is 18.3. The van der Waals surface area contributed by atoms with Crippen LogP contribution >= 0.6 is 15.9 Å². The molecule has 0 amide bonds. The number of ketones is 1. The summed E-state index contributed by atoms with van der Waals surface area (Å²) in [6.07, 6.45) is 3.23. The van der Waals surface area contributed by atoms with Gasteiger partial charge in [-0.15, -0.1) is 0 Å². The fraction of sp³-hybridized carbons (Fsp3) is 0.417. The van der Waals surface area contributed by atoms with Crippen molar-refractivity contribution in [2.24, 2.45) is 5.73 Å². The zero-order valence-electron chi connectivity index (χ0n) is 8.50. The van der Waals surface area contributed by atoms with E-state index in [0.717, 1.165) is 29.3 Å². The van der Waals surface area contributed by atoms with Crippen LogP contribution in [0.25, 0.3) is 0 Å². The van der Waals surface area contributed by atoms with Crippen LogP contribution in [0.5, 0.6) is 0 Å². The molecule has 0 bridgehead atoms. The third-order valence-corrected chi connectivity index (χ3v) is 3.55. The number of halogens is 1. The van der Waals surface area contributed by atoms with Gasteiger partial charge in [0.15, 0.2) is 5.78 Å². The minimum absolute atomic E-state index is 0.173. The third-order valence-electron chi connectivity index (χ3n) is 3.05. The molecule has 0 unspecified atom stereocenters. The van der Waals surface area contributed by atoms with Gasteiger partial charge in [0.2, 0.25) is 0 Å². The van der Waals surface area contributed by atoms with Crippen LogP contribution < -0.4 is 5.73 Å². The molecule has 15 heavy (non-hydrogen) atoms. The van der Waals surface area contributed by atoms with E-state index >= 15 is 0 Å². The van der Waals surface area contributed by atoms with Crippen molar-refractivity contribution in [3.8, 4) is 0 Å². The lowest BCUT2D eigenvalue weighted by atomic mass is 9.73. The average Bonchev–Trinajstić information content (AvgIpc) is 2.14. The minimum atomic E-state index is -0.525. The highest BCUT2D eigenvalue weighted by Gasteiger charge is 2.39. The summed E-state index contributed by atoms with van der Waals surface area (Å²) in [4.78, 5) is 11.9. The van der Waals surface area contributed by atoms with Gasteiger partial charge in [0.25, 0.3) is 0 Å². The highest BCUT2D eigenvalue weighted by atomic mass is 79.9. The van der Waals surface area contributed by atoms with E-state index in [1.165, 1.54) is 0 Å². The van der Waals surface area contributed by atoms with Crippen LogP contribution in [0.15, 0.2) is 28.7 Å². The molecule has 1 aliphatic carbocycles. The van der Waals surface area contributed by atoms with Gasteiger partial charge in [-0.05, 0) is 37.0 Å². The molecule has 0 aliphatic heterocycles. The molecule has 2 rings (SSSR count). The lowest BCUT2D eigenvalue weighted by Crippen LogP contribution is -2.54. The van der Waals surface area contributed by atoms with E-state index in [4.69, 9.17) is 5.73 Å². The first-order valence-electron chi connectivity index (χ1n) is 5.17. The Morgan fingerprint density at radius 2 is 2.20 bits per heavy atom. The Morgan fingerprint density at radius 1 is 1.47 bits per heavy atom. The Hall–Kier alpha value is -0.670. The van der Waals surface area contributed by atoms with Crippen LogP contribution in [0, 0.1) is 0 Å². The van der Waals surface area contributed by atoms with Gasteiger partial charge in [-0.3, -0.25) is 4.79 Å². The maximum atomic E-state index is 11.9. The van der Waals surface area contributed by atoms with E-state index in [1.54, 1.807) is 0 Å². The van der Waals surface area contributed by atoms with Gasteiger partial charge in [0.05, 0.1) is 5.54 Å². The molecule has 0 atom stereocenters. The number of hydrogen-bond acceptors (Lipinski definition) is 2. The fourth-order valence-corrected chi connectivity index (χ4v) is 2.29. The maximum Gasteiger partial charge on any atom is 0.156 e. The molecule has 1 aromatic rings. The zero-order valence-corrected chi connectivity index (χ0v) is 10.1. The average molecular weight is 268 g/mol. The van der Waals surface area contributed by atoms with Crippen LogP contribution in [-0.2, 0) is 11.2 Å². The van der Waals surface area contributed by atoms with Gasteiger partial charge in [0, 0.05) is 10.9 Å². The third kappa shape index (κ3) is 2.29. The lowest BCUT2D eigenvalue weighted by molar-refractivity contribution is -0.126. The number of carbonyl (C=O) groups excluding carboxylic acids is 1. The molecule has 0 radical (unpaired) electrons. The van der Waals surface area contributed by atoms with Crippen LogP contribution in [0.2, 0.25) is 0 Å². The van der Waals surface area contributed by atoms with Gasteiger partial charge in [0.1, 0.15) is 0 Å². The Labute approximate surface area is 98.0 Å². The van der Waals surface area contributed by atoms with Gasteiger partial charge in [-0.2, -0.15) is 0 Å². The number of nitrogens with two attached hydrogens (primary N) is 1. The second-order valence-corrected chi connectivity index (χ2v) is 5.16. The molecule has 3 heteroatoms. The zero-order chi connectivity index (χ0) is 10.9. The van der Waals surface area contributed by atoms with E-state index in [1.807, 2.05) is 24.3 Å². The summed E-state index contributed by atoms with van der Waals surface area (Å²) < 4.78 is 1.01. The predicted molar refractivity (Wildman–Crippen MR) is 63.6 cm³/mol. The number of hydrogen-bond donors (Lipinski definition) is 1. The summed E-state index contributed by atoms with van der Waals surface area (Å²) in [6.45, 7) is 0. The molecule has 0 saturated heterocycles. The molecular weight excluding hydrogens is 254 g/mol. The predicted octanol–water partition coefficient (Wildman–Crippen LogP) is 2.44. The summed E-state index contributed by atoms with van der Waals surface area (Å²) in [5.74, 6) is 0.173. The number of benzene rings is 1. The van der Waals surface area contributed by atoms with Crippen molar-refractivity contribution in [2.45, 2.75) is 31.2 Å². The van der Waals surface area contributed by atoms with Gasteiger partial charge < -0.3 is 5.73 Å². The summed E-state index contributed by atoms with van der Waals surface area (Å²) >= 11 is 3.39. The Kier molecular flexibility index (Phi) is 2.94. The number of Topliss-reactive ketones (excluding diaryl/α,β-unsaturated/α-hetero) is 1. The van der Waals surface area contributed by atoms with Crippen molar-refractivity contribution >= 4 is 21.7 Å². The Morgan fingerprint density at radius 3 is 2.73 bits per heavy atom. The molecule has 1 saturated carbocycles. The maximum absolute atomic E-state index is 11.9. The Balaban J connectivity index is 2.06. The molecule has 1 aromatic carbocycles. The molecule has 80 valence electrons. The lowest BCUT2D eigenvalue weighted by Gasteiger charge is -2.36. The standard InChI is InChI=1S/C12H14BrNO/c13-10-4-1-3-9(7-10)8-11(15)12(14)5-2-6-12/h1,3-4,7H,2,5-6,8,14H2. The molecular formula is C12H14BrNO. The topological polar surface area (TPSA) is 43.1 Å². The van der Waals surface area contributed by atoms with Crippen molar-refractivity contribution < 1.29 is 4.79 Å². The van der Waals surface area contributed by atoms with E-state index in [0.29, 0.717) is 6.42 Å². The summed E-state index contributed by atoms with van der Waals surface area (Å²) in [6, 6.07) is 7.83. The molecule has 2 nitrogen and oxygen atoms in total. The van der Waals surface area contributed by atoms with Crippen molar-refractivity contribution in [3.63, 3.8) is 0 Å². The van der Waals surface area contributed by atoms with E-state index in [9.17, 15) is 4.79 Å². The van der Waals surface area contributed by atoms with Gasteiger partial charge >= 0.3 is 0 Å². The Bertz CT molecular complexity index is 385. The smallest absolute Gasteiger partial charge is 0.156 e. The van der Waals surface area contributed by atoms with E-state index in [2.05, 4.69) is 15.9 Å². The second-order valence-electron chi connectivity index (χ2n) is 4.24. The first kappa shape index (κ1) is 10.8. The van der Waals surface area contributed by atoms with Gasteiger partial charge in [-0.1, -0.05) is 28.1 Å². The molecule has 0 spiro atoms. The van der Waals surface area contributed by atoms with Crippen molar-refractivity contribution in [3.05, 3.63) is 34.3 Å². The summed E-state index contributed by atoms with van der Waals surface area (Å²) in [7, 11) is 0. The second kappa shape index (κ2) is 4.06. The fourth-order valence-electron chi connectivity index (χ4n) is 1.84. The monoisotopic (exact) mass is 267 g/mol. The number of rotatable bonds is 3. The minimum Gasteiger partial charge on any atom is -0.319 e. The van der Waals surface area contributed by atoms with Crippen LogP contribution in [0.4, 0.5) is 0 Å². The molecule has 2 N–H and O–H groups in total. The van der Waals surface area contributed by atoms with Crippen molar-refractivity contribution in [1.29, 1.82) is 0 Å². The largest absolute Gasteiger partial charge is 0.319 e. The summed E-state index contributed by atoms with van der Waals surface area (Å²) in [5.41, 5.74) is 6.48. The highest BCUT2D eigenvalue weighted by molar-refractivity contribution is 9.10. The highest BCUT2D eigenvalue weighted by Crippen LogP contribution is 2.31. The van der Waals surface area contributed by atoms with Crippen LogP contribution in [0.1, 0.15) is 24.8 Å². The SMILES string of the molecule is NC1(C(=O)Cc2cccc(Br)c2)CCC1. The number of carbonyl (C=O) groups is 1. The first-order valence-corrected chi connectivity index (χ1v) is 5.96. The van der Waals surface area contributed by atoms with Crippen LogP contribution in [0.3, 0.4) is 0 Å². The van der Waals surface area contributed by atoms with Crippen molar-refractivity contribution in [2.75, 3.05) is 0 Å². The quantitative estimate of drug-likeness (QED) is 0.914. The molecule has 0 aromatic heterocycles. The van der Waals surface area contributed by atoms with E-state index in [-0.39, 0.29) is 5.78 Å². The molecule has 1 fully saturated rings. The van der Waals surface area contributed by atoms with E-state index < -0.39 is 5.54 Å². The molecule has 0 heterocycles. The van der Waals surface area contributed by atoms with Gasteiger partial charge in [-0.25, -0.2) is 0 Å². The first-order chi connectivity index (χ1) is 7.10. The van der Waals surface area contributed by atoms with Crippen molar-refractivity contribution in [1.82, 2.24) is 0 Å². The summed E-state index contributed by atoms with van der Waals surface area (Å²) in [5, 5.41) is 0. The van der Waals surface area contributed by atoms with Crippen LogP contribution in [-0.4, -0.2) is 11.3 Å². The molecule has 1 aliphatic rings.